The monoisotopic (exact) mass is 211 g/mol. The number of hydrogen-bond acceptors (Lipinski definition) is 2. The van der Waals surface area contributed by atoms with Crippen molar-refractivity contribution in [3.63, 3.8) is 0 Å². The van der Waals surface area contributed by atoms with E-state index in [0.717, 1.165) is 5.56 Å². The molecule has 1 atom stereocenters. The molecule has 0 spiro atoms. The molecule has 0 N–H and O–H groups in total. The zero-order chi connectivity index (χ0) is 10.1. The van der Waals surface area contributed by atoms with Crippen molar-refractivity contribution < 1.29 is 9.53 Å². The van der Waals surface area contributed by atoms with Crippen LogP contribution in [0.4, 0.5) is 4.79 Å². The fraction of sp³-hybridized carbons (Fsp3) is 0.300. The highest BCUT2D eigenvalue weighted by atomic mass is 35.5. The largest absolute Gasteiger partial charge is 0.439 e. The summed E-state index contributed by atoms with van der Waals surface area (Å²) < 4.78 is 5.14. The van der Waals surface area contributed by atoms with Crippen molar-refractivity contribution in [3.8, 4) is 0 Å². The maximum atomic E-state index is 11.1. The van der Waals surface area contributed by atoms with Gasteiger partial charge in [-0.25, -0.2) is 4.79 Å². The molecule has 1 amide bonds. The number of rotatable bonds is 1. The van der Waals surface area contributed by atoms with Gasteiger partial charge in [-0.1, -0.05) is 23.7 Å². The van der Waals surface area contributed by atoms with E-state index in [1.54, 1.807) is 24.1 Å². The summed E-state index contributed by atoms with van der Waals surface area (Å²) in [6, 6.07) is 7.34. The molecule has 1 heterocycles. The summed E-state index contributed by atoms with van der Waals surface area (Å²) in [5, 5.41) is 0.687. The van der Waals surface area contributed by atoms with Crippen LogP contribution in [0.2, 0.25) is 5.02 Å². The van der Waals surface area contributed by atoms with Crippen molar-refractivity contribution in [2.24, 2.45) is 0 Å². The first-order valence-electron chi connectivity index (χ1n) is 4.34. The van der Waals surface area contributed by atoms with E-state index in [2.05, 4.69) is 0 Å². The highest BCUT2D eigenvalue weighted by Gasteiger charge is 2.29. The summed E-state index contributed by atoms with van der Waals surface area (Å²) in [5.74, 6) is 0. The average Bonchev–Trinajstić information content (AvgIpc) is 2.48. The van der Waals surface area contributed by atoms with Gasteiger partial charge in [-0.3, -0.25) is 0 Å². The van der Waals surface area contributed by atoms with Gasteiger partial charge in [-0.05, 0) is 17.7 Å². The van der Waals surface area contributed by atoms with Crippen LogP contribution in [0.5, 0.6) is 0 Å². The smallest absolute Gasteiger partial charge is 0.410 e. The third-order valence-electron chi connectivity index (χ3n) is 2.24. The number of nitrogens with zero attached hydrogens (tertiary/aromatic N) is 1. The van der Waals surface area contributed by atoms with Crippen LogP contribution in [-0.4, -0.2) is 24.6 Å². The number of carbonyl (C=O) groups excluding carboxylic acids is 1. The van der Waals surface area contributed by atoms with E-state index in [0.29, 0.717) is 11.6 Å². The number of carbonyl (C=O) groups is 1. The van der Waals surface area contributed by atoms with E-state index in [1.165, 1.54) is 0 Å². The Morgan fingerprint density at radius 1 is 1.43 bits per heavy atom. The quantitative estimate of drug-likeness (QED) is 0.714. The van der Waals surface area contributed by atoms with E-state index < -0.39 is 0 Å². The van der Waals surface area contributed by atoms with Crippen molar-refractivity contribution in [1.29, 1.82) is 0 Å². The number of hydrogen-bond donors (Lipinski definition) is 0. The van der Waals surface area contributed by atoms with Gasteiger partial charge in [0.05, 0.1) is 6.54 Å². The number of ether oxygens (including phenoxy) is 1. The van der Waals surface area contributed by atoms with Crippen LogP contribution >= 0.6 is 11.6 Å². The van der Waals surface area contributed by atoms with E-state index in [4.69, 9.17) is 16.3 Å². The van der Waals surface area contributed by atoms with Crippen LogP contribution in [-0.2, 0) is 4.74 Å². The van der Waals surface area contributed by atoms with Gasteiger partial charge in [0.25, 0.3) is 0 Å². The maximum absolute atomic E-state index is 11.1. The molecule has 14 heavy (non-hydrogen) atoms. The Kier molecular flexibility index (Phi) is 2.33. The molecular formula is C10H10ClNO2. The van der Waals surface area contributed by atoms with Gasteiger partial charge in [0, 0.05) is 12.1 Å². The lowest BCUT2D eigenvalue weighted by atomic mass is 10.1. The average molecular weight is 212 g/mol. The SMILES string of the molecule is CN1CC(c2ccc(Cl)cc2)OC1=O. The lowest BCUT2D eigenvalue weighted by Gasteiger charge is -2.07. The van der Waals surface area contributed by atoms with Gasteiger partial charge in [0.2, 0.25) is 0 Å². The molecule has 1 aromatic carbocycles. The lowest BCUT2D eigenvalue weighted by Crippen LogP contribution is -2.17. The summed E-state index contributed by atoms with van der Waals surface area (Å²) in [5.41, 5.74) is 0.979. The van der Waals surface area contributed by atoms with Gasteiger partial charge in [-0.15, -0.1) is 0 Å². The number of benzene rings is 1. The molecule has 3 nitrogen and oxygen atoms in total. The number of cyclic esters (lactones) is 1. The topological polar surface area (TPSA) is 29.5 Å². The Labute approximate surface area is 87.2 Å². The van der Waals surface area contributed by atoms with Crippen molar-refractivity contribution in [2.75, 3.05) is 13.6 Å². The van der Waals surface area contributed by atoms with E-state index >= 15 is 0 Å². The number of amides is 1. The zero-order valence-corrected chi connectivity index (χ0v) is 8.49. The second-order valence-corrected chi connectivity index (χ2v) is 3.74. The van der Waals surface area contributed by atoms with Crippen LogP contribution < -0.4 is 0 Å². The third kappa shape index (κ3) is 1.68. The number of likely N-dealkylation sites (N-methyl/N-ethyl adjacent to an activating group) is 1. The molecule has 2 rings (SSSR count). The summed E-state index contributed by atoms with van der Waals surface area (Å²) in [6.07, 6.45) is -0.435. The van der Waals surface area contributed by atoms with Gasteiger partial charge < -0.3 is 9.64 Å². The molecule has 1 unspecified atom stereocenters. The molecule has 0 aliphatic carbocycles. The highest BCUT2D eigenvalue weighted by molar-refractivity contribution is 6.30. The molecule has 1 saturated heterocycles. The Morgan fingerprint density at radius 3 is 2.57 bits per heavy atom. The molecule has 1 fully saturated rings. The summed E-state index contributed by atoms with van der Waals surface area (Å²) in [6.45, 7) is 0.598. The van der Waals surface area contributed by atoms with E-state index in [1.807, 2.05) is 12.1 Å². The van der Waals surface area contributed by atoms with Crippen LogP contribution in [0, 0.1) is 0 Å². The molecule has 1 aromatic rings. The molecular weight excluding hydrogens is 202 g/mol. The van der Waals surface area contributed by atoms with Gasteiger partial charge in [-0.2, -0.15) is 0 Å². The van der Waals surface area contributed by atoms with Crippen molar-refractivity contribution in [1.82, 2.24) is 4.90 Å². The summed E-state index contributed by atoms with van der Waals surface area (Å²) in [4.78, 5) is 12.7. The molecule has 4 heteroatoms. The van der Waals surface area contributed by atoms with Crippen molar-refractivity contribution in [3.05, 3.63) is 34.9 Å². The molecule has 0 bridgehead atoms. The second kappa shape index (κ2) is 3.50. The zero-order valence-electron chi connectivity index (χ0n) is 7.74. The van der Waals surface area contributed by atoms with Gasteiger partial charge in [0.1, 0.15) is 6.10 Å². The minimum atomic E-state index is -0.273. The van der Waals surface area contributed by atoms with Gasteiger partial charge >= 0.3 is 6.09 Å². The third-order valence-corrected chi connectivity index (χ3v) is 2.49. The maximum Gasteiger partial charge on any atom is 0.410 e. The van der Waals surface area contributed by atoms with Crippen molar-refractivity contribution >= 4 is 17.7 Å². The second-order valence-electron chi connectivity index (χ2n) is 3.30. The first kappa shape index (κ1) is 9.34. The van der Waals surface area contributed by atoms with Gasteiger partial charge in [0.15, 0.2) is 0 Å². The Bertz CT molecular complexity index is 350. The van der Waals surface area contributed by atoms with E-state index in [9.17, 15) is 4.79 Å². The summed E-state index contributed by atoms with van der Waals surface area (Å²) >= 11 is 5.76. The fourth-order valence-corrected chi connectivity index (χ4v) is 1.55. The van der Waals surface area contributed by atoms with Crippen LogP contribution in [0.25, 0.3) is 0 Å². The standard InChI is InChI=1S/C10H10ClNO2/c1-12-6-9(14-10(12)13)7-2-4-8(11)5-3-7/h2-5,9H,6H2,1H3. The normalized spacial score (nSPS) is 21.1. The van der Waals surface area contributed by atoms with Crippen LogP contribution in [0.1, 0.15) is 11.7 Å². The number of halogens is 1. The fourth-order valence-electron chi connectivity index (χ4n) is 1.42. The Morgan fingerprint density at radius 2 is 2.07 bits per heavy atom. The predicted octanol–water partition coefficient (Wildman–Crippen LogP) is 2.46. The first-order chi connectivity index (χ1) is 6.66. The minimum Gasteiger partial charge on any atom is -0.439 e. The molecule has 74 valence electrons. The Balaban J connectivity index is 2.17. The van der Waals surface area contributed by atoms with E-state index in [-0.39, 0.29) is 12.2 Å². The molecule has 1 aliphatic heterocycles. The molecule has 1 aliphatic rings. The highest BCUT2D eigenvalue weighted by Crippen LogP contribution is 2.25. The predicted molar refractivity (Wildman–Crippen MR) is 53.3 cm³/mol. The molecule has 0 aromatic heterocycles. The minimum absolute atomic E-state index is 0.162. The molecule has 0 saturated carbocycles. The summed E-state index contributed by atoms with van der Waals surface area (Å²) in [7, 11) is 1.72. The lowest BCUT2D eigenvalue weighted by molar-refractivity contribution is 0.135. The molecule has 0 radical (unpaired) electrons. The Hall–Kier alpha value is -1.22. The van der Waals surface area contributed by atoms with Crippen LogP contribution in [0.3, 0.4) is 0 Å². The first-order valence-corrected chi connectivity index (χ1v) is 4.72. The van der Waals surface area contributed by atoms with Crippen molar-refractivity contribution in [2.45, 2.75) is 6.10 Å². The van der Waals surface area contributed by atoms with Crippen LogP contribution in [0.15, 0.2) is 24.3 Å².